The zero-order valence-corrected chi connectivity index (χ0v) is 9.32. The van der Waals surface area contributed by atoms with E-state index in [2.05, 4.69) is 24.1 Å². The Balaban J connectivity index is 2.49. The summed E-state index contributed by atoms with van der Waals surface area (Å²) in [4.78, 5) is 13.9. The Morgan fingerprint density at radius 1 is 1.33 bits per heavy atom. The van der Waals surface area contributed by atoms with Gasteiger partial charge in [-0.1, -0.05) is 12.1 Å². The van der Waals surface area contributed by atoms with Crippen LogP contribution in [0.5, 0.6) is 0 Å². The van der Waals surface area contributed by atoms with Crippen LogP contribution in [0.1, 0.15) is 20.8 Å². The van der Waals surface area contributed by atoms with Gasteiger partial charge in [-0.25, -0.2) is 0 Å². The smallest absolute Gasteiger partial charge is 0.246 e. The van der Waals surface area contributed by atoms with E-state index < -0.39 is 0 Å². The molecule has 0 fully saturated rings. The summed E-state index contributed by atoms with van der Waals surface area (Å²) in [7, 11) is 0. The Bertz CT molecular complexity index is 387. The highest BCUT2D eigenvalue weighted by Gasteiger charge is 2.30. The monoisotopic (exact) mass is 204 g/mol. The van der Waals surface area contributed by atoms with Gasteiger partial charge in [-0.2, -0.15) is 0 Å². The molecular formula is C12H16N2O. The number of anilines is 2. The molecule has 1 aliphatic heterocycles. The van der Waals surface area contributed by atoms with Crippen LogP contribution >= 0.6 is 0 Å². The van der Waals surface area contributed by atoms with Gasteiger partial charge in [0.1, 0.15) is 6.04 Å². The van der Waals surface area contributed by atoms with Crippen LogP contribution in [0.15, 0.2) is 24.3 Å². The third-order valence-electron chi connectivity index (χ3n) is 2.79. The predicted octanol–water partition coefficient (Wildman–Crippen LogP) is 2.24. The molecule has 1 heterocycles. The molecule has 3 heteroatoms. The summed E-state index contributed by atoms with van der Waals surface area (Å²) in [6.45, 7) is 6.14. The van der Waals surface area contributed by atoms with Gasteiger partial charge in [0, 0.05) is 6.04 Å². The highest BCUT2D eigenvalue weighted by Crippen LogP contribution is 2.32. The maximum absolute atomic E-state index is 11.7. The van der Waals surface area contributed by atoms with E-state index in [1.165, 1.54) is 0 Å². The van der Waals surface area contributed by atoms with Crippen LogP contribution in [0.2, 0.25) is 0 Å². The van der Waals surface area contributed by atoms with Crippen LogP contribution in [0.3, 0.4) is 0 Å². The van der Waals surface area contributed by atoms with Gasteiger partial charge in [-0.15, -0.1) is 0 Å². The van der Waals surface area contributed by atoms with Gasteiger partial charge in [0.05, 0.1) is 11.4 Å². The van der Waals surface area contributed by atoms with Crippen molar-refractivity contribution < 1.29 is 4.79 Å². The van der Waals surface area contributed by atoms with E-state index in [1.54, 1.807) is 0 Å². The fraction of sp³-hybridized carbons (Fsp3) is 0.417. The molecule has 0 radical (unpaired) electrons. The number of hydrogen-bond donors (Lipinski definition) is 1. The highest BCUT2D eigenvalue weighted by molar-refractivity contribution is 6.03. The summed E-state index contributed by atoms with van der Waals surface area (Å²) in [6, 6.07) is 8.15. The number of amides is 1. The van der Waals surface area contributed by atoms with Gasteiger partial charge in [-0.05, 0) is 32.9 Å². The molecule has 0 spiro atoms. The molecule has 1 atom stereocenters. The third kappa shape index (κ3) is 1.58. The van der Waals surface area contributed by atoms with Gasteiger partial charge in [0.15, 0.2) is 0 Å². The molecule has 0 aromatic heterocycles. The lowest BCUT2D eigenvalue weighted by atomic mass is 10.1. The maximum atomic E-state index is 11.7. The Morgan fingerprint density at radius 3 is 2.67 bits per heavy atom. The average Bonchev–Trinajstić information content (AvgIpc) is 2.19. The first-order valence-electron chi connectivity index (χ1n) is 5.29. The van der Waals surface area contributed by atoms with Gasteiger partial charge < -0.3 is 10.2 Å². The molecule has 80 valence electrons. The molecular weight excluding hydrogens is 188 g/mol. The van der Waals surface area contributed by atoms with Crippen molar-refractivity contribution in [2.45, 2.75) is 32.9 Å². The summed E-state index contributed by atoms with van der Waals surface area (Å²) in [6.07, 6.45) is 0. The molecule has 1 aliphatic rings. The number of hydrogen-bond acceptors (Lipinski definition) is 2. The number of para-hydroxylation sites is 2. The first-order chi connectivity index (χ1) is 7.11. The lowest BCUT2D eigenvalue weighted by Gasteiger charge is -2.39. The van der Waals surface area contributed by atoms with Crippen LogP contribution < -0.4 is 10.2 Å². The molecule has 1 N–H and O–H groups in total. The van der Waals surface area contributed by atoms with Crippen molar-refractivity contribution in [3.63, 3.8) is 0 Å². The minimum Gasteiger partial charge on any atom is -0.356 e. The SMILES string of the molecule is CC(C)N1c2ccccc2NC(=O)C1C. The zero-order chi connectivity index (χ0) is 11.0. The maximum Gasteiger partial charge on any atom is 0.246 e. The molecule has 0 bridgehead atoms. The van der Waals surface area contributed by atoms with Crippen molar-refractivity contribution >= 4 is 17.3 Å². The Hall–Kier alpha value is -1.51. The number of carbonyl (C=O) groups is 1. The Morgan fingerprint density at radius 2 is 2.00 bits per heavy atom. The standard InChI is InChI=1S/C12H16N2O/c1-8(2)14-9(3)12(15)13-10-6-4-5-7-11(10)14/h4-9H,1-3H3,(H,13,15). The molecule has 1 aromatic rings. The van der Waals surface area contributed by atoms with Crippen LogP contribution in [0.25, 0.3) is 0 Å². The minimum atomic E-state index is -0.0973. The van der Waals surface area contributed by atoms with Gasteiger partial charge in [0.25, 0.3) is 0 Å². The minimum absolute atomic E-state index is 0.0717. The van der Waals surface area contributed by atoms with E-state index in [0.717, 1.165) is 11.4 Å². The van der Waals surface area contributed by atoms with Crippen molar-refractivity contribution in [2.75, 3.05) is 10.2 Å². The molecule has 2 rings (SSSR count). The van der Waals surface area contributed by atoms with E-state index in [9.17, 15) is 4.79 Å². The highest BCUT2D eigenvalue weighted by atomic mass is 16.2. The summed E-state index contributed by atoms with van der Waals surface area (Å²) in [5.74, 6) is 0.0717. The topological polar surface area (TPSA) is 32.3 Å². The third-order valence-corrected chi connectivity index (χ3v) is 2.79. The van der Waals surface area contributed by atoms with Gasteiger partial charge in [0.2, 0.25) is 5.91 Å². The molecule has 15 heavy (non-hydrogen) atoms. The van der Waals surface area contributed by atoms with Crippen molar-refractivity contribution in [3.05, 3.63) is 24.3 Å². The average molecular weight is 204 g/mol. The number of rotatable bonds is 1. The van der Waals surface area contributed by atoms with Crippen LogP contribution in [-0.4, -0.2) is 18.0 Å². The van der Waals surface area contributed by atoms with Gasteiger partial charge in [-0.3, -0.25) is 4.79 Å². The summed E-state index contributed by atoms with van der Waals surface area (Å²) in [5.41, 5.74) is 2.02. The second-order valence-electron chi connectivity index (χ2n) is 4.18. The first kappa shape index (κ1) is 10.0. The van der Waals surface area contributed by atoms with E-state index in [0.29, 0.717) is 6.04 Å². The number of benzene rings is 1. The van der Waals surface area contributed by atoms with Gasteiger partial charge >= 0.3 is 0 Å². The molecule has 1 amide bonds. The molecule has 1 aromatic carbocycles. The molecule has 0 aliphatic carbocycles. The van der Waals surface area contributed by atoms with E-state index >= 15 is 0 Å². The number of nitrogens with one attached hydrogen (secondary N) is 1. The summed E-state index contributed by atoms with van der Waals surface area (Å²) in [5, 5.41) is 2.91. The van der Waals surface area contributed by atoms with Crippen molar-refractivity contribution in [2.24, 2.45) is 0 Å². The fourth-order valence-electron chi connectivity index (χ4n) is 2.10. The Kier molecular flexibility index (Phi) is 2.39. The zero-order valence-electron chi connectivity index (χ0n) is 9.32. The number of carbonyl (C=O) groups excluding carboxylic acids is 1. The van der Waals surface area contributed by atoms with E-state index in [-0.39, 0.29) is 11.9 Å². The lowest BCUT2D eigenvalue weighted by Crippen LogP contribution is -2.49. The number of nitrogens with zero attached hydrogens (tertiary/aromatic N) is 1. The quantitative estimate of drug-likeness (QED) is 0.761. The van der Waals surface area contributed by atoms with Crippen LogP contribution in [-0.2, 0) is 4.79 Å². The van der Waals surface area contributed by atoms with Crippen LogP contribution in [0.4, 0.5) is 11.4 Å². The fourth-order valence-corrected chi connectivity index (χ4v) is 2.10. The Labute approximate surface area is 90.1 Å². The normalized spacial score (nSPS) is 20.1. The first-order valence-corrected chi connectivity index (χ1v) is 5.29. The van der Waals surface area contributed by atoms with E-state index in [1.807, 2.05) is 31.2 Å². The largest absolute Gasteiger partial charge is 0.356 e. The molecule has 0 saturated carbocycles. The van der Waals surface area contributed by atoms with E-state index in [4.69, 9.17) is 0 Å². The molecule has 0 saturated heterocycles. The molecule has 3 nitrogen and oxygen atoms in total. The number of fused-ring (bicyclic) bond motifs is 1. The molecule has 1 unspecified atom stereocenters. The van der Waals surface area contributed by atoms with Crippen LogP contribution in [0, 0.1) is 0 Å². The van der Waals surface area contributed by atoms with Crippen molar-refractivity contribution in [1.29, 1.82) is 0 Å². The summed E-state index contributed by atoms with van der Waals surface area (Å²) >= 11 is 0. The summed E-state index contributed by atoms with van der Waals surface area (Å²) < 4.78 is 0. The van der Waals surface area contributed by atoms with Crippen molar-refractivity contribution in [3.8, 4) is 0 Å². The lowest BCUT2D eigenvalue weighted by molar-refractivity contribution is -0.117. The van der Waals surface area contributed by atoms with Crippen molar-refractivity contribution in [1.82, 2.24) is 0 Å². The predicted molar refractivity (Wildman–Crippen MR) is 62.1 cm³/mol. The second kappa shape index (κ2) is 3.57. The second-order valence-corrected chi connectivity index (χ2v) is 4.18.